The Morgan fingerprint density at radius 1 is 1.27 bits per heavy atom. The number of hydrogen-bond donors (Lipinski definition) is 1. The molecule has 0 aromatic carbocycles. The van der Waals surface area contributed by atoms with E-state index in [0.717, 1.165) is 32.1 Å². The Balaban J connectivity index is 0.00000176. The number of nitrogens with zero attached hydrogens (tertiary/aromatic N) is 2. The van der Waals surface area contributed by atoms with Gasteiger partial charge in [-0.05, 0) is 26.2 Å². The highest BCUT2D eigenvalue weighted by atomic mass is 127. The van der Waals surface area contributed by atoms with Crippen LogP contribution in [0.4, 0.5) is 0 Å². The molecule has 2 saturated carbocycles. The number of guanidine groups is 1. The van der Waals surface area contributed by atoms with Gasteiger partial charge in [0, 0.05) is 36.6 Å². The number of ether oxygens (including phenoxy) is 1. The van der Waals surface area contributed by atoms with Gasteiger partial charge in [-0.25, -0.2) is 4.99 Å². The molecule has 2 N–H and O–H groups in total. The summed E-state index contributed by atoms with van der Waals surface area (Å²) in [6.45, 7) is 5.03. The van der Waals surface area contributed by atoms with E-state index in [-0.39, 0.29) is 24.0 Å². The Bertz CT molecular complexity index is 382. The summed E-state index contributed by atoms with van der Waals surface area (Å²) in [5, 5.41) is 0. The summed E-state index contributed by atoms with van der Waals surface area (Å²) in [7, 11) is 0. The van der Waals surface area contributed by atoms with Crippen molar-refractivity contribution in [2.24, 2.45) is 16.1 Å². The highest BCUT2D eigenvalue weighted by Gasteiger charge is 2.55. The Morgan fingerprint density at radius 2 is 1.95 bits per heavy atom. The molecule has 6 heteroatoms. The first-order valence-electron chi connectivity index (χ1n) is 8.54. The van der Waals surface area contributed by atoms with Gasteiger partial charge in [0.15, 0.2) is 5.96 Å². The quantitative estimate of drug-likeness (QED) is 0.417. The monoisotopic (exact) mass is 439 g/mol. The molecular formula is C16H30IN3OS. The third-order valence-corrected chi connectivity index (χ3v) is 6.46. The fraction of sp³-hybridized carbons (Fsp3) is 0.938. The summed E-state index contributed by atoms with van der Waals surface area (Å²) in [5.41, 5.74) is 6.59. The van der Waals surface area contributed by atoms with Gasteiger partial charge in [-0.15, -0.1) is 24.0 Å². The molecule has 4 nitrogen and oxygen atoms in total. The van der Waals surface area contributed by atoms with Crippen molar-refractivity contribution >= 4 is 41.7 Å². The molecule has 2 atom stereocenters. The van der Waals surface area contributed by atoms with Crippen LogP contribution in [0, 0.1) is 5.41 Å². The fourth-order valence-electron chi connectivity index (χ4n) is 4.24. The Kier molecular flexibility index (Phi) is 7.14. The number of aliphatic imine (C=N–C) groups is 1. The number of thioether (sulfide) groups is 1. The molecule has 22 heavy (non-hydrogen) atoms. The lowest BCUT2D eigenvalue weighted by Crippen LogP contribution is -2.59. The molecule has 0 aromatic rings. The van der Waals surface area contributed by atoms with Gasteiger partial charge in [-0.3, -0.25) is 0 Å². The zero-order valence-corrected chi connectivity index (χ0v) is 16.8. The molecule has 128 valence electrons. The van der Waals surface area contributed by atoms with E-state index in [9.17, 15) is 0 Å². The Labute approximate surface area is 156 Å². The molecule has 2 unspecified atom stereocenters. The van der Waals surface area contributed by atoms with Crippen molar-refractivity contribution < 1.29 is 4.74 Å². The van der Waals surface area contributed by atoms with Gasteiger partial charge >= 0.3 is 0 Å². The lowest BCUT2D eigenvalue weighted by molar-refractivity contribution is -0.139. The van der Waals surface area contributed by atoms with Crippen molar-refractivity contribution in [1.82, 2.24) is 4.90 Å². The molecule has 0 amide bonds. The van der Waals surface area contributed by atoms with E-state index in [1.165, 1.54) is 43.6 Å². The Morgan fingerprint density at radius 3 is 2.59 bits per heavy atom. The molecule has 0 radical (unpaired) electrons. The molecule has 2 aliphatic carbocycles. The molecule has 1 spiro atoms. The summed E-state index contributed by atoms with van der Waals surface area (Å²) in [4.78, 5) is 7.21. The first-order valence-corrected chi connectivity index (χ1v) is 9.69. The average molecular weight is 439 g/mol. The van der Waals surface area contributed by atoms with Crippen molar-refractivity contribution in [2.45, 2.75) is 57.6 Å². The van der Waals surface area contributed by atoms with E-state index in [1.54, 1.807) is 0 Å². The summed E-state index contributed by atoms with van der Waals surface area (Å²) in [5.74, 6) is 3.13. The third-order valence-electron chi connectivity index (χ3n) is 5.52. The van der Waals surface area contributed by atoms with E-state index >= 15 is 0 Å². The number of nitrogens with two attached hydrogens (primary N) is 1. The highest BCUT2D eigenvalue weighted by Crippen LogP contribution is 2.54. The molecule has 3 fully saturated rings. The third kappa shape index (κ3) is 3.69. The van der Waals surface area contributed by atoms with Gasteiger partial charge in [0.05, 0.1) is 12.1 Å². The van der Waals surface area contributed by atoms with Crippen LogP contribution in [0.3, 0.4) is 0 Å². The molecule has 0 aromatic heterocycles. The van der Waals surface area contributed by atoms with Gasteiger partial charge in [-0.1, -0.05) is 19.3 Å². The van der Waals surface area contributed by atoms with Crippen LogP contribution in [0.2, 0.25) is 0 Å². The molecular weight excluding hydrogens is 409 g/mol. The predicted octanol–water partition coefficient (Wildman–Crippen LogP) is 3.10. The first kappa shape index (κ1) is 18.6. The van der Waals surface area contributed by atoms with E-state index < -0.39 is 0 Å². The second kappa shape index (κ2) is 8.42. The van der Waals surface area contributed by atoms with E-state index in [1.807, 2.05) is 11.8 Å². The number of rotatable bonds is 3. The van der Waals surface area contributed by atoms with Gasteiger partial charge in [-0.2, -0.15) is 11.8 Å². The van der Waals surface area contributed by atoms with Crippen LogP contribution < -0.4 is 5.73 Å². The number of hydrogen-bond acceptors (Lipinski definition) is 3. The van der Waals surface area contributed by atoms with Crippen molar-refractivity contribution in [3.8, 4) is 0 Å². The van der Waals surface area contributed by atoms with Crippen molar-refractivity contribution in [3.05, 3.63) is 0 Å². The molecule has 3 rings (SSSR count). The van der Waals surface area contributed by atoms with Crippen LogP contribution in [0.1, 0.15) is 45.4 Å². The fourth-order valence-corrected chi connectivity index (χ4v) is 5.14. The van der Waals surface area contributed by atoms with Crippen LogP contribution in [-0.4, -0.2) is 54.2 Å². The summed E-state index contributed by atoms with van der Waals surface area (Å²) < 4.78 is 6.00. The van der Waals surface area contributed by atoms with Crippen LogP contribution >= 0.6 is 35.7 Å². The van der Waals surface area contributed by atoms with Crippen LogP contribution in [-0.2, 0) is 4.74 Å². The maximum atomic E-state index is 6.29. The van der Waals surface area contributed by atoms with Crippen molar-refractivity contribution in [1.29, 1.82) is 0 Å². The van der Waals surface area contributed by atoms with E-state index in [2.05, 4.69) is 11.8 Å². The summed E-state index contributed by atoms with van der Waals surface area (Å²) >= 11 is 2.01. The summed E-state index contributed by atoms with van der Waals surface area (Å²) in [6.07, 6.45) is 8.06. The predicted molar refractivity (Wildman–Crippen MR) is 105 cm³/mol. The second-order valence-electron chi connectivity index (χ2n) is 6.58. The average Bonchev–Trinajstić information content (AvgIpc) is 2.55. The molecule has 1 heterocycles. The zero-order chi connectivity index (χ0) is 14.7. The standard InChI is InChI=1S/C16H29N3OS.HI/c1-2-20-14-12-13(16(14)6-4-3-5-7-16)18-15(17)19-8-10-21-11-9-19;/h13-14H,2-12H2,1H3,(H2,17,18);1H. The smallest absolute Gasteiger partial charge is 0.191 e. The van der Waals surface area contributed by atoms with Crippen LogP contribution in [0.5, 0.6) is 0 Å². The second-order valence-corrected chi connectivity index (χ2v) is 7.80. The van der Waals surface area contributed by atoms with E-state index in [0.29, 0.717) is 17.6 Å². The van der Waals surface area contributed by atoms with Crippen molar-refractivity contribution in [3.63, 3.8) is 0 Å². The lowest BCUT2D eigenvalue weighted by Gasteiger charge is -2.56. The van der Waals surface area contributed by atoms with Gasteiger partial charge in [0.2, 0.25) is 0 Å². The van der Waals surface area contributed by atoms with Gasteiger partial charge < -0.3 is 15.4 Å². The van der Waals surface area contributed by atoms with Crippen LogP contribution in [0.25, 0.3) is 0 Å². The minimum absolute atomic E-state index is 0. The number of halogens is 1. The highest BCUT2D eigenvalue weighted by molar-refractivity contribution is 14.0. The minimum Gasteiger partial charge on any atom is -0.378 e. The largest absolute Gasteiger partial charge is 0.378 e. The summed E-state index contributed by atoms with van der Waals surface area (Å²) in [6, 6.07) is 0.393. The normalized spacial score (nSPS) is 31.5. The maximum absolute atomic E-state index is 6.29. The molecule has 0 bridgehead atoms. The molecule has 3 aliphatic rings. The van der Waals surface area contributed by atoms with Gasteiger partial charge in [0.1, 0.15) is 0 Å². The minimum atomic E-state index is 0. The maximum Gasteiger partial charge on any atom is 0.191 e. The lowest BCUT2D eigenvalue weighted by atomic mass is 9.55. The SMILES string of the molecule is CCOC1CC(N=C(N)N2CCSCC2)C12CCCCC2.I. The molecule has 1 aliphatic heterocycles. The topological polar surface area (TPSA) is 50.9 Å². The van der Waals surface area contributed by atoms with E-state index in [4.69, 9.17) is 15.5 Å². The Hall–Kier alpha value is 0.310. The van der Waals surface area contributed by atoms with Gasteiger partial charge in [0.25, 0.3) is 0 Å². The first-order chi connectivity index (χ1) is 10.3. The molecule has 1 saturated heterocycles. The zero-order valence-electron chi connectivity index (χ0n) is 13.6. The van der Waals surface area contributed by atoms with Crippen molar-refractivity contribution in [2.75, 3.05) is 31.2 Å². The van der Waals surface area contributed by atoms with Crippen LogP contribution in [0.15, 0.2) is 4.99 Å².